The first-order valence-electron chi connectivity index (χ1n) is 6.58. The number of rotatable bonds is 6. The Bertz CT molecular complexity index is 229. The van der Waals surface area contributed by atoms with Crippen LogP contribution in [0.5, 0.6) is 0 Å². The van der Waals surface area contributed by atoms with Crippen molar-refractivity contribution in [3.63, 3.8) is 0 Å². The molecule has 1 amide bonds. The topological polar surface area (TPSA) is 32.3 Å². The van der Waals surface area contributed by atoms with Crippen LogP contribution in [0.4, 0.5) is 0 Å². The number of amides is 1. The third-order valence-corrected chi connectivity index (χ3v) is 4.28. The summed E-state index contributed by atoms with van der Waals surface area (Å²) in [5.41, 5.74) is 0. The highest BCUT2D eigenvalue weighted by Crippen LogP contribution is 2.22. The van der Waals surface area contributed by atoms with Crippen LogP contribution in [0.2, 0.25) is 0 Å². The fourth-order valence-corrected chi connectivity index (χ4v) is 2.77. The Kier molecular flexibility index (Phi) is 6.97. The van der Waals surface area contributed by atoms with E-state index in [2.05, 4.69) is 18.5 Å². The fraction of sp³-hybridized carbons (Fsp3) is 0.923. The van der Waals surface area contributed by atoms with Crippen molar-refractivity contribution < 1.29 is 4.79 Å². The molecule has 0 aromatic heterocycles. The number of hydrogen-bond acceptors (Lipinski definition) is 3. The lowest BCUT2D eigenvalue weighted by atomic mass is 9.85. The van der Waals surface area contributed by atoms with E-state index in [1.54, 1.807) is 11.8 Å². The normalized spacial score (nSPS) is 22.2. The van der Waals surface area contributed by atoms with Crippen molar-refractivity contribution in [2.75, 3.05) is 38.7 Å². The number of thioether (sulfide) groups is 1. The second-order valence-electron chi connectivity index (χ2n) is 5.10. The number of carbonyl (C=O) groups is 1. The van der Waals surface area contributed by atoms with Gasteiger partial charge in [-0.3, -0.25) is 4.79 Å². The lowest BCUT2D eigenvalue weighted by Crippen LogP contribution is -2.36. The largest absolute Gasteiger partial charge is 0.345 e. The van der Waals surface area contributed by atoms with Gasteiger partial charge >= 0.3 is 0 Å². The third kappa shape index (κ3) is 5.30. The Morgan fingerprint density at radius 3 is 2.94 bits per heavy atom. The number of piperidine rings is 1. The minimum Gasteiger partial charge on any atom is -0.345 e. The maximum atomic E-state index is 12.0. The molecule has 1 aliphatic rings. The zero-order valence-corrected chi connectivity index (χ0v) is 12.2. The van der Waals surface area contributed by atoms with Crippen molar-refractivity contribution in [3.05, 3.63) is 0 Å². The summed E-state index contributed by atoms with van der Waals surface area (Å²) < 4.78 is 0. The lowest BCUT2D eigenvalue weighted by Gasteiger charge is -2.29. The van der Waals surface area contributed by atoms with E-state index in [4.69, 9.17) is 0 Å². The van der Waals surface area contributed by atoms with Gasteiger partial charge in [-0.2, -0.15) is 11.8 Å². The van der Waals surface area contributed by atoms with Crippen LogP contribution in [0.1, 0.15) is 26.2 Å². The van der Waals surface area contributed by atoms with Crippen LogP contribution in [-0.2, 0) is 4.79 Å². The molecule has 1 aliphatic heterocycles. The van der Waals surface area contributed by atoms with Gasteiger partial charge < -0.3 is 10.2 Å². The first-order chi connectivity index (χ1) is 8.15. The summed E-state index contributed by atoms with van der Waals surface area (Å²) in [7, 11) is 1.92. The summed E-state index contributed by atoms with van der Waals surface area (Å²) in [4.78, 5) is 13.9. The molecule has 1 saturated heterocycles. The molecule has 1 heterocycles. The minimum absolute atomic E-state index is 0.303. The second-order valence-corrected chi connectivity index (χ2v) is 6.08. The van der Waals surface area contributed by atoms with E-state index in [-0.39, 0.29) is 0 Å². The highest BCUT2D eigenvalue weighted by molar-refractivity contribution is 7.98. The summed E-state index contributed by atoms with van der Waals surface area (Å²) >= 11 is 1.79. The van der Waals surface area contributed by atoms with E-state index < -0.39 is 0 Å². The summed E-state index contributed by atoms with van der Waals surface area (Å²) in [6.45, 7) is 5.32. The van der Waals surface area contributed by atoms with Crippen LogP contribution in [-0.4, -0.2) is 49.5 Å². The van der Waals surface area contributed by atoms with Gasteiger partial charge in [0.25, 0.3) is 0 Å². The first-order valence-corrected chi connectivity index (χ1v) is 7.98. The van der Waals surface area contributed by atoms with Crippen molar-refractivity contribution in [2.45, 2.75) is 26.2 Å². The van der Waals surface area contributed by atoms with Gasteiger partial charge in [0.2, 0.25) is 5.91 Å². The van der Waals surface area contributed by atoms with Crippen LogP contribution < -0.4 is 5.32 Å². The molecule has 0 saturated carbocycles. The van der Waals surface area contributed by atoms with Crippen molar-refractivity contribution in [1.82, 2.24) is 10.2 Å². The average Bonchev–Trinajstić information content (AvgIpc) is 2.36. The number of nitrogens with zero attached hydrogens (tertiary/aromatic N) is 1. The molecular formula is C13H26N2OS. The zero-order valence-electron chi connectivity index (χ0n) is 11.4. The molecule has 1 rings (SSSR count). The first kappa shape index (κ1) is 14.8. The Hall–Kier alpha value is -0.220. The van der Waals surface area contributed by atoms with Gasteiger partial charge in [0, 0.05) is 25.8 Å². The molecule has 2 atom stereocenters. The van der Waals surface area contributed by atoms with Crippen molar-refractivity contribution >= 4 is 17.7 Å². The average molecular weight is 258 g/mol. The highest BCUT2D eigenvalue weighted by Gasteiger charge is 2.23. The molecule has 0 bridgehead atoms. The van der Waals surface area contributed by atoms with E-state index in [9.17, 15) is 4.79 Å². The number of carbonyl (C=O) groups excluding carboxylic acids is 1. The van der Waals surface area contributed by atoms with E-state index >= 15 is 0 Å². The summed E-state index contributed by atoms with van der Waals surface area (Å²) in [5.74, 6) is 2.52. The molecule has 0 aliphatic carbocycles. The zero-order chi connectivity index (χ0) is 12.7. The predicted octanol–water partition coefficient (Wildman–Crippen LogP) is 1.83. The molecule has 0 aromatic rings. The van der Waals surface area contributed by atoms with Crippen LogP contribution in [0.3, 0.4) is 0 Å². The second kappa shape index (κ2) is 7.98. The minimum atomic E-state index is 0.303. The molecule has 17 heavy (non-hydrogen) atoms. The van der Waals surface area contributed by atoms with Crippen molar-refractivity contribution in [2.24, 2.45) is 11.8 Å². The molecule has 0 spiro atoms. The number of nitrogens with one attached hydrogen (secondary N) is 1. The molecule has 1 N–H and O–H groups in total. The maximum Gasteiger partial charge on any atom is 0.222 e. The van der Waals surface area contributed by atoms with E-state index in [1.807, 2.05) is 11.9 Å². The van der Waals surface area contributed by atoms with Crippen molar-refractivity contribution in [1.29, 1.82) is 0 Å². The molecule has 3 nitrogen and oxygen atoms in total. The van der Waals surface area contributed by atoms with Crippen molar-refractivity contribution in [3.8, 4) is 0 Å². The van der Waals surface area contributed by atoms with Crippen LogP contribution in [0, 0.1) is 11.8 Å². The van der Waals surface area contributed by atoms with Crippen LogP contribution >= 0.6 is 11.8 Å². The Balaban J connectivity index is 2.28. The molecular weight excluding hydrogens is 232 g/mol. The Morgan fingerprint density at radius 1 is 1.59 bits per heavy atom. The summed E-state index contributed by atoms with van der Waals surface area (Å²) in [6.07, 6.45) is 5.31. The van der Waals surface area contributed by atoms with Crippen LogP contribution in [0.15, 0.2) is 0 Å². The smallest absolute Gasteiger partial charge is 0.222 e. The van der Waals surface area contributed by atoms with Gasteiger partial charge in [0.15, 0.2) is 0 Å². The highest BCUT2D eigenvalue weighted by atomic mass is 32.2. The van der Waals surface area contributed by atoms with E-state index in [1.165, 1.54) is 12.8 Å². The Labute approximate surface area is 110 Å². The monoisotopic (exact) mass is 258 g/mol. The van der Waals surface area contributed by atoms with Gasteiger partial charge in [-0.05, 0) is 44.0 Å². The van der Waals surface area contributed by atoms with Crippen LogP contribution in [0.25, 0.3) is 0 Å². The van der Waals surface area contributed by atoms with Gasteiger partial charge in [-0.25, -0.2) is 0 Å². The number of hydrogen-bond donors (Lipinski definition) is 1. The summed E-state index contributed by atoms with van der Waals surface area (Å²) in [5, 5.41) is 3.42. The SMILES string of the molecule is CSCCN(C)C(=O)CC(C)C1CCCNC1. The quantitative estimate of drug-likeness (QED) is 0.789. The molecule has 100 valence electrons. The van der Waals surface area contributed by atoms with Gasteiger partial charge in [-0.1, -0.05) is 6.92 Å². The predicted molar refractivity (Wildman–Crippen MR) is 75.4 cm³/mol. The lowest BCUT2D eigenvalue weighted by molar-refractivity contribution is -0.131. The Morgan fingerprint density at radius 2 is 2.35 bits per heavy atom. The maximum absolute atomic E-state index is 12.0. The molecule has 0 aromatic carbocycles. The van der Waals surface area contributed by atoms with Gasteiger partial charge in [0.1, 0.15) is 0 Å². The molecule has 4 heteroatoms. The van der Waals surface area contributed by atoms with Gasteiger partial charge in [0.05, 0.1) is 0 Å². The summed E-state index contributed by atoms with van der Waals surface area (Å²) in [6, 6.07) is 0. The van der Waals surface area contributed by atoms with E-state index in [0.29, 0.717) is 24.2 Å². The molecule has 0 radical (unpaired) electrons. The molecule has 2 unspecified atom stereocenters. The molecule has 1 fully saturated rings. The fourth-order valence-electron chi connectivity index (χ4n) is 2.32. The van der Waals surface area contributed by atoms with Gasteiger partial charge in [-0.15, -0.1) is 0 Å². The van der Waals surface area contributed by atoms with E-state index in [0.717, 1.165) is 25.4 Å². The standard InChI is InChI=1S/C13H26N2OS/c1-11(12-5-4-6-14-10-12)9-13(16)15(2)7-8-17-3/h11-12,14H,4-10H2,1-3H3. The third-order valence-electron chi connectivity index (χ3n) is 3.69.